The van der Waals surface area contributed by atoms with Crippen LogP contribution in [-0.2, 0) is 0 Å². The van der Waals surface area contributed by atoms with Crippen LogP contribution in [0.4, 0.5) is 0 Å². The Hall–Kier alpha value is -0.570. The van der Waals surface area contributed by atoms with Gasteiger partial charge in [-0.3, -0.25) is 0 Å². The number of rotatable bonds is 6. The average Bonchev–Trinajstić information content (AvgIpc) is 2.70. The zero-order chi connectivity index (χ0) is 11.1. The molecule has 1 rings (SSSR count). The zero-order valence-corrected chi connectivity index (χ0v) is 10.4. The number of nitrogens with two attached hydrogens (primary N) is 1. The molecule has 0 saturated heterocycles. The maximum Gasteiger partial charge on any atom is 0.149 e. The summed E-state index contributed by atoms with van der Waals surface area (Å²) in [6, 6.07) is 2.11. The van der Waals surface area contributed by atoms with Gasteiger partial charge in [0.05, 0.1) is 6.07 Å². The van der Waals surface area contributed by atoms with Crippen LogP contribution in [0.2, 0.25) is 0 Å². The lowest BCUT2D eigenvalue weighted by molar-refractivity contribution is 0.519. The van der Waals surface area contributed by atoms with Crippen LogP contribution in [-0.4, -0.2) is 16.3 Å². The predicted octanol–water partition coefficient (Wildman–Crippen LogP) is 2.65. The molecule has 0 radical (unpaired) electrons. The first-order valence-electron chi connectivity index (χ1n) is 4.86. The number of thiazole rings is 1. The summed E-state index contributed by atoms with van der Waals surface area (Å²) in [4.78, 5) is 4.18. The topological polar surface area (TPSA) is 62.7 Å². The van der Waals surface area contributed by atoms with E-state index in [1.54, 1.807) is 30.0 Å². The Morgan fingerprint density at radius 3 is 3.07 bits per heavy atom. The van der Waals surface area contributed by atoms with Crippen LogP contribution < -0.4 is 5.73 Å². The van der Waals surface area contributed by atoms with Crippen molar-refractivity contribution < 1.29 is 0 Å². The second-order valence-electron chi connectivity index (χ2n) is 3.63. The van der Waals surface area contributed by atoms with Gasteiger partial charge in [-0.2, -0.15) is 5.26 Å². The first-order chi connectivity index (χ1) is 7.14. The largest absolute Gasteiger partial charge is 0.314 e. The van der Waals surface area contributed by atoms with Crippen molar-refractivity contribution in [2.45, 2.75) is 36.1 Å². The van der Waals surface area contributed by atoms with Crippen molar-refractivity contribution in [3.63, 3.8) is 0 Å². The van der Waals surface area contributed by atoms with Crippen molar-refractivity contribution in [2.24, 2.45) is 5.73 Å². The van der Waals surface area contributed by atoms with E-state index in [2.05, 4.69) is 11.1 Å². The van der Waals surface area contributed by atoms with E-state index in [1.807, 2.05) is 11.6 Å². The van der Waals surface area contributed by atoms with Gasteiger partial charge in [-0.15, -0.1) is 11.3 Å². The van der Waals surface area contributed by atoms with E-state index in [1.165, 1.54) is 0 Å². The lowest BCUT2D eigenvalue weighted by Gasteiger charge is -2.13. The first kappa shape index (κ1) is 12.5. The van der Waals surface area contributed by atoms with Gasteiger partial charge in [0.15, 0.2) is 0 Å². The molecule has 1 atom stereocenters. The molecule has 1 aromatic heterocycles. The fourth-order valence-corrected chi connectivity index (χ4v) is 2.80. The molecule has 0 spiro atoms. The highest BCUT2D eigenvalue weighted by Gasteiger charge is 2.15. The number of hydrogen-bond donors (Lipinski definition) is 1. The molecule has 0 fully saturated rings. The monoisotopic (exact) mass is 241 g/mol. The minimum Gasteiger partial charge on any atom is -0.314 e. The number of nitrogens with zero attached hydrogens (tertiary/aromatic N) is 2. The third kappa shape index (κ3) is 5.17. The van der Waals surface area contributed by atoms with Crippen LogP contribution in [0.3, 0.4) is 0 Å². The van der Waals surface area contributed by atoms with E-state index in [9.17, 15) is 0 Å². The Balaban J connectivity index is 2.06. The summed E-state index contributed by atoms with van der Waals surface area (Å²) in [6.45, 7) is 1.78. The molecule has 3 nitrogen and oxygen atoms in total. The molecule has 82 valence electrons. The molecule has 1 unspecified atom stereocenters. The van der Waals surface area contributed by atoms with Crippen molar-refractivity contribution in [3.8, 4) is 6.07 Å². The molecule has 0 amide bonds. The molecule has 0 saturated carbocycles. The SMILES string of the molecule is CC(N)(C#N)CCCCSc1nccs1. The highest BCUT2D eigenvalue weighted by Crippen LogP contribution is 2.22. The molecule has 1 aromatic rings. The van der Waals surface area contributed by atoms with Gasteiger partial charge >= 0.3 is 0 Å². The van der Waals surface area contributed by atoms with Crippen LogP contribution >= 0.6 is 23.1 Å². The number of thioether (sulfide) groups is 1. The fourth-order valence-electron chi connectivity index (χ4n) is 1.09. The fraction of sp³-hybridized carbons (Fsp3) is 0.600. The van der Waals surface area contributed by atoms with Crippen LogP contribution in [0.15, 0.2) is 15.9 Å². The standard InChI is InChI=1S/C10H15N3S2/c1-10(12,8-11)4-2-3-6-14-9-13-5-7-15-9/h5,7H,2-4,6,12H2,1H3. The second kappa shape index (κ2) is 6.11. The summed E-state index contributed by atoms with van der Waals surface area (Å²) in [5, 5.41) is 10.7. The number of nitriles is 1. The second-order valence-corrected chi connectivity index (χ2v) is 5.87. The third-order valence-corrected chi connectivity index (χ3v) is 4.03. The molecule has 2 N–H and O–H groups in total. The van der Waals surface area contributed by atoms with Crippen molar-refractivity contribution >= 4 is 23.1 Å². The lowest BCUT2D eigenvalue weighted by atomic mass is 9.99. The summed E-state index contributed by atoms with van der Waals surface area (Å²) in [7, 11) is 0. The molecule has 15 heavy (non-hydrogen) atoms. The molecule has 1 heterocycles. The molecule has 0 aliphatic heterocycles. The Kier molecular flexibility index (Phi) is 5.09. The number of hydrogen-bond acceptors (Lipinski definition) is 5. The van der Waals surface area contributed by atoms with Gasteiger partial charge in [-0.05, 0) is 26.2 Å². The molecule has 0 aliphatic carbocycles. The van der Waals surface area contributed by atoms with Gasteiger partial charge in [0, 0.05) is 17.3 Å². The van der Waals surface area contributed by atoms with E-state index in [0.717, 1.165) is 29.4 Å². The van der Waals surface area contributed by atoms with Gasteiger partial charge in [-0.1, -0.05) is 11.8 Å². The summed E-state index contributed by atoms with van der Waals surface area (Å²) >= 11 is 3.43. The Bertz CT molecular complexity index is 314. The minimum atomic E-state index is -0.661. The molecule has 5 heteroatoms. The van der Waals surface area contributed by atoms with Crippen molar-refractivity contribution in [1.29, 1.82) is 5.26 Å². The van der Waals surface area contributed by atoms with Gasteiger partial charge in [-0.25, -0.2) is 4.98 Å². The maximum atomic E-state index is 8.71. The quantitative estimate of drug-likeness (QED) is 0.614. The summed E-state index contributed by atoms with van der Waals surface area (Å²) in [5.41, 5.74) is 5.05. The van der Waals surface area contributed by atoms with Crippen LogP contribution in [0.25, 0.3) is 0 Å². The smallest absolute Gasteiger partial charge is 0.149 e. The molecule has 0 aliphatic rings. The van der Waals surface area contributed by atoms with Gasteiger partial charge in [0.25, 0.3) is 0 Å². The summed E-state index contributed by atoms with van der Waals surface area (Å²) < 4.78 is 1.12. The molecule has 0 bridgehead atoms. The summed E-state index contributed by atoms with van der Waals surface area (Å²) in [5.74, 6) is 1.05. The van der Waals surface area contributed by atoms with E-state index >= 15 is 0 Å². The van der Waals surface area contributed by atoms with Crippen LogP contribution in [0.1, 0.15) is 26.2 Å². The predicted molar refractivity (Wildman–Crippen MR) is 64.9 cm³/mol. The Morgan fingerprint density at radius 1 is 1.67 bits per heavy atom. The van der Waals surface area contributed by atoms with E-state index in [-0.39, 0.29) is 0 Å². The van der Waals surface area contributed by atoms with E-state index in [4.69, 9.17) is 11.0 Å². The van der Waals surface area contributed by atoms with Crippen molar-refractivity contribution in [3.05, 3.63) is 11.6 Å². The number of aromatic nitrogens is 1. The number of unbranched alkanes of at least 4 members (excludes halogenated alkanes) is 1. The molecular formula is C10H15N3S2. The maximum absolute atomic E-state index is 8.71. The van der Waals surface area contributed by atoms with Crippen LogP contribution in [0.5, 0.6) is 0 Å². The van der Waals surface area contributed by atoms with E-state index < -0.39 is 5.54 Å². The molecular weight excluding hydrogens is 226 g/mol. The highest BCUT2D eigenvalue weighted by atomic mass is 32.2. The highest BCUT2D eigenvalue weighted by molar-refractivity contribution is 8.00. The van der Waals surface area contributed by atoms with Crippen molar-refractivity contribution in [1.82, 2.24) is 4.98 Å². The van der Waals surface area contributed by atoms with Gasteiger partial charge < -0.3 is 5.73 Å². The van der Waals surface area contributed by atoms with Crippen LogP contribution in [0, 0.1) is 11.3 Å². The third-order valence-electron chi connectivity index (χ3n) is 1.98. The normalized spacial score (nSPS) is 14.5. The van der Waals surface area contributed by atoms with Gasteiger partial charge in [0.1, 0.15) is 9.88 Å². The molecule has 0 aromatic carbocycles. The Morgan fingerprint density at radius 2 is 2.47 bits per heavy atom. The van der Waals surface area contributed by atoms with Gasteiger partial charge in [0.2, 0.25) is 0 Å². The van der Waals surface area contributed by atoms with E-state index in [0.29, 0.717) is 0 Å². The zero-order valence-electron chi connectivity index (χ0n) is 8.77. The Labute approximate surface area is 98.7 Å². The average molecular weight is 241 g/mol. The lowest BCUT2D eigenvalue weighted by Crippen LogP contribution is -2.33. The van der Waals surface area contributed by atoms with Crippen molar-refractivity contribution in [2.75, 3.05) is 5.75 Å². The summed E-state index contributed by atoms with van der Waals surface area (Å²) in [6.07, 6.45) is 4.67. The minimum absolute atomic E-state index is 0.661. The first-order valence-corrected chi connectivity index (χ1v) is 6.73.